The SMILES string of the molecule is CC.CC(c1ccc2nccnc2c1)N1CCC2CN(C)S(=O)C2CC1. The number of hydrogen-bond donors (Lipinski definition) is 0. The number of aromatic nitrogens is 2. The van der Waals surface area contributed by atoms with Gasteiger partial charge in [-0.2, -0.15) is 0 Å². The smallest absolute Gasteiger partial charge is 0.0975 e. The molecule has 0 spiro atoms. The van der Waals surface area contributed by atoms with Crippen molar-refractivity contribution in [1.29, 1.82) is 0 Å². The summed E-state index contributed by atoms with van der Waals surface area (Å²) in [7, 11) is 1.19. The molecule has 2 aromatic rings. The Hall–Kier alpha value is -1.37. The molecule has 0 N–H and O–H groups in total. The maximum absolute atomic E-state index is 12.4. The minimum atomic E-state index is -0.798. The van der Waals surface area contributed by atoms with Crippen molar-refractivity contribution in [3.05, 3.63) is 36.2 Å². The van der Waals surface area contributed by atoms with Crippen LogP contribution >= 0.6 is 0 Å². The van der Waals surface area contributed by atoms with E-state index in [1.165, 1.54) is 5.56 Å². The first kappa shape index (κ1) is 19.4. The first-order valence-electron chi connectivity index (χ1n) is 9.70. The molecule has 26 heavy (non-hydrogen) atoms. The van der Waals surface area contributed by atoms with Crippen molar-refractivity contribution < 1.29 is 4.21 Å². The second-order valence-electron chi connectivity index (χ2n) is 6.98. The van der Waals surface area contributed by atoms with Gasteiger partial charge in [0.2, 0.25) is 0 Å². The highest BCUT2D eigenvalue weighted by Crippen LogP contribution is 2.33. The van der Waals surface area contributed by atoms with Gasteiger partial charge in [0.05, 0.1) is 27.3 Å². The van der Waals surface area contributed by atoms with Crippen LogP contribution in [0.2, 0.25) is 0 Å². The van der Waals surface area contributed by atoms with Crippen LogP contribution in [0.3, 0.4) is 0 Å². The van der Waals surface area contributed by atoms with E-state index in [0.717, 1.165) is 43.5 Å². The second-order valence-corrected chi connectivity index (χ2v) is 8.76. The summed E-state index contributed by atoms with van der Waals surface area (Å²) in [4.78, 5) is 11.3. The van der Waals surface area contributed by atoms with E-state index in [1.807, 2.05) is 25.2 Å². The van der Waals surface area contributed by atoms with Gasteiger partial charge in [0, 0.05) is 25.0 Å². The third-order valence-corrected chi connectivity index (χ3v) is 7.50. The first-order chi connectivity index (χ1) is 12.6. The number of rotatable bonds is 2. The van der Waals surface area contributed by atoms with E-state index in [0.29, 0.717) is 17.2 Å². The molecule has 2 fully saturated rings. The lowest BCUT2D eigenvalue weighted by atomic mass is 10.0. The third-order valence-electron chi connectivity index (χ3n) is 5.60. The van der Waals surface area contributed by atoms with Gasteiger partial charge >= 0.3 is 0 Å². The van der Waals surface area contributed by atoms with E-state index in [-0.39, 0.29) is 0 Å². The molecule has 6 heteroatoms. The molecule has 4 atom stereocenters. The van der Waals surface area contributed by atoms with Crippen LogP contribution in [0.5, 0.6) is 0 Å². The molecule has 0 saturated carbocycles. The Morgan fingerprint density at radius 3 is 2.58 bits per heavy atom. The zero-order valence-corrected chi connectivity index (χ0v) is 17.1. The van der Waals surface area contributed by atoms with Gasteiger partial charge in [0.25, 0.3) is 0 Å². The van der Waals surface area contributed by atoms with E-state index in [2.05, 4.69) is 40.0 Å². The van der Waals surface area contributed by atoms with Gasteiger partial charge in [-0.15, -0.1) is 0 Å². The topological polar surface area (TPSA) is 49.3 Å². The Labute approximate surface area is 159 Å². The van der Waals surface area contributed by atoms with Crippen LogP contribution in [0.15, 0.2) is 30.6 Å². The summed E-state index contributed by atoms with van der Waals surface area (Å²) in [5.74, 6) is 0.579. The molecular formula is C20H30N4OS. The Kier molecular flexibility index (Phi) is 6.37. The Morgan fingerprint density at radius 1 is 1.12 bits per heavy atom. The lowest BCUT2D eigenvalue weighted by Gasteiger charge is -2.28. The summed E-state index contributed by atoms with van der Waals surface area (Å²) in [6, 6.07) is 6.73. The van der Waals surface area contributed by atoms with Gasteiger partial charge in [0.15, 0.2) is 0 Å². The molecule has 0 aliphatic carbocycles. The van der Waals surface area contributed by atoms with Gasteiger partial charge < -0.3 is 0 Å². The number of likely N-dealkylation sites (tertiary alicyclic amines) is 1. The van der Waals surface area contributed by atoms with Crippen LogP contribution in [0.1, 0.15) is 45.2 Å². The molecule has 3 heterocycles. The largest absolute Gasteiger partial charge is 0.297 e. The Bertz CT molecular complexity index is 768. The van der Waals surface area contributed by atoms with Crippen molar-refractivity contribution in [3.63, 3.8) is 0 Å². The zero-order valence-electron chi connectivity index (χ0n) is 16.3. The molecular weight excluding hydrogens is 344 g/mol. The average Bonchev–Trinajstić information content (AvgIpc) is 2.85. The lowest BCUT2D eigenvalue weighted by molar-refractivity contribution is 0.215. The maximum atomic E-state index is 12.4. The lowest BCUT2D eigenvalue weighted by Crippen LogP contribution is -2.29. The van der Waals surface area contributed by atoms with E-state index < -0.39 is 11.0 Å². The predicted octanol–water partition coefficient (Wildman–Crippen LogP) is 3.41. The van der Waals surface area contributed by atoms with Crippen LogP contribution in [-0.2, 0) is 11.0 Å². The highest BCUT2D eigenvalue weighted by Gasteiger charge is 2.39. The van der Waals surface area contributed by atoms with Crippen LogP contribution in [0.25, 0.3) is 11.0 Å². The summed E-state index contributed by atoms with van der Waals surface area (Å²) in [6.45, 7) is 9.33. The Morgan fingerprint density at radius 2 is 1.81 bits per heavy atom. The molecule has 5 nitrogen and oxygen atoms in total. The summed E-state index contributed by atoms with van der Waals surface area (Å²) in [5.41, 5.74) is 3.18. The molecule has 0 radical (unpaired) electrons. The third kappa shape index (κ3) is 3.82. The summed E-state index contributed by atoms with van der Waals surface area (Å²) in [6.07, 6.45) is 5.64. The van der Waals surface area contributed by atoms with Crippen molar-refractivity contribution in [2.45, 2.75) is 44.9 Å². The fourth-order valence-electron chi connectivity index (χ4n) is 4.11. The standard InChI is InChI=1S/C18H24N4OS.C2H6/c1-13(14-3-4-16-17(11-14)20-8-7-19-16)22-9-5-15-12-21(2)24(23)18(15)6-10-22;1-2/h3-4,7-8,11,13,15,18H,5-6,9-10,12H2,1-2H3;1-2H3. The molecule has 2 aliphatic rings. The van der Waals surface area contributed by atoms with Crippen molar-refractivity contribution >= 4 is 22.0 Å². The van der Waals surface area contributed by atoms with Crippen LogP contribution in [0, 0.1) is 5.92 Å². The van der Waals surface area contributed by atoms with Gasteiger partial charge in [-0.25, -0.2) is 8.51 Å². The summed E-state index contributed by atoms with van der Waals surface area (Å²) in [5, 5.41) is 0.342. The normalized spacial score (nSPS) is 28.1. The number of nitrogens with zero attached hydrogens (tertiary/aromatic N) is 4. The highest BCUT2D eigenvalue weighted by atomic mass is 32.2. The minimum absolute atomic E-state index is 0.342. The fourth-order valence-corrected chi connectivity index (χ4v) is 5.76. The van der Waals surface area contributed by atoms with Crippen molar-refractivity contribution in [2.75, 3.05) is 26.7 Å². The van der Waals surface area contributed by atoms with E-state index in [1.54, 1.807) is 12.4 Å². The van der Waals surface area contributed by atoms with Gasteiger partial charge in [0.1, 0.15) is 0 Å². The second kappa shape index (κ2) is 8.55. The molecule has 2 aliphatic heterocycles. The van der Waals surface area contributed by atoms with E-state index in [9.17, 15) is 4.21 Å². The quantitative estimate of drug-likeness (QED) is 0.808. The first-order valence-corrected chi connectivity index (χ1v) is 10.9. The molecule has 0 amide bonds. The molecule has 1 aromatic carbocycles. The summed E-state index contributed by atoms with van der Waals surface area (Å²) < 4.78 is 14.4. The van der Waals surface area contributed by atoms with Crippen LogP contribution < -0.4 is 0 Å². The number of fused-ring (bicyclic) bond motifs is 2. The molecule has 1 aromatic heterocycles. The molecule has 4 unspecified atom stereocenters. The van der Waals surface area contributed by atoms with Gasteiger partial charge in [-0.1, -0.05) is 19.9 Å². The van der Waals surface area contributed by atoms with Crippen molar-refractivity contribution in [1.82, 2.24) is 19.2 Å². The molecule has 4 rings (SSSR count). The maximum Gasteiger partial charge on any atom is 0.0975 e. The number of hydrogen-bond acceptors (Lipinski definition) is 4. The highest BCUT2D eigenvalue weighted by molar-refractivity contribution is 7.83. The van der Waals surface area contributed by atoms with Crippen LogP contribution in [0.4, 0.5) is 0 Å². The zero-order chi connectivity index (χ0) is 18.7. The minimum Gasteiger partial charge on any atom is -0.297 e. The monoisotopic (exact) mass is 374 g/mol. The molecule has 142 valence electrons. The average molecular weight is 375 g/mol. The Balaban J connectivity index is 0.000000948. The van der Waals surface area contributed by atoms with Crippen molar-refractivity contribution in [2.24, 2.45) is 5.92 Å². The number of benzene rings is 1. The van der Waals surface area contributed by atoms with Gasteiger partial charge in [-0.05, 0) is 63.5 Å². The predicted molar refractivity (Wildman–Crippen MR) is 108 cm³/mol. The van der Waals surface area contributed by atoms with Crippen molar-refractivity contribution in [3.8, 4) is 0 Å². The van der Waals surface area contributed by atoms with Crippen LogP contribution in [-0.4, -0.2) is 55.3 Å². The summed E-state index contributed by atoms with van der Waals surface area (Å²) >= 11 is 0. The van der Waals surface area contributed by atoms with E-state index in [4.69, 9.17) is 0 Å². The molecule has 2 saturated heterocycles. The van der Waals surface area contributed by atoms with Gasteiger partial charge in [-0.3, -0.25) is 14.9 Å². The molecule has 0 bridgehead atoms. The fraction of sp³-hybridized carbons (Fsp3) is 0.600. The van der Waals surface area contributed by atoms with E-state index >= 15 is 0 Å².